The number of hydrogen-bond acceptors (Lipinski definition) is 4. The number of nitrogens with zero attached hydrogens (tertiary/aromatic N) is 1. The first-order chi connectivity index (χ1) is 11.8. The van der Waals surface area contributed by atoms with E-state index in [0.717, 1.165) is 12.0 Å². The number of ether oxygens (including phenoxy) is 1. The normalized spacial score (nSPS) is 12.1. The molecule has 2 amide bonds. The molecule has 0 saturated carbocycles. The SMILES string of the molecule is COCCCNC(=O)CN(C)CC(=O)N[C@@H](C)c1ccc(C)c(C)c1. The van der Waals surface area contributed by atoms with Gasteiger partial charge in [0.05, 0.1) is 19.1 Å². The fourth-order valence-corrected chi connectivity index (χ4v) is 2.45. The van der Waals surface area contributed by atoms with Gasteiger partial charge in [-0.1, -0.05) is 18.2 Å². The van der Waals surface area contributed by atoms with Crippen molar-refractivity contribution in [3.63, 3.8) is 0 Å². The largest absolute Gasteiger partial charge is 0.385 e. The van der Waals surface area contributed by atoms with Gasteiger partial charge in [-0.25, -0.2) is 0 Å². The van der Waals surface area contributed by atoms with Crippen LogP contribution >= 0.6 is 0 Å². The lowest BCUT2D eigenvalue weighted by atomic mass is 10.0. The average molecular weight is 349 g/mol. The summed E-state index contributed by atoms with van der Waals surface area (Å²) in [4.78, 5) is 25.7. The van der Waals surface area contributed by atoms with Gasteiger partial charge in [0.1, 0.15) is 0 Å². The molecule has 0 aromatic heterocycles. The first-order valence-corrected chi connectivity index (χ1v) is 8.64. The predicted octanol–water partition coefficient (Wildman–Crippen LogP) is 1.57. The summed E-state index contributed by atoms with van der Waals surface area (Å²) in [5.41, 5.74) is 3.52. The number of rotatable bonds is 10. The van der Waals surface area contributed by atoms with E-state index in [2.05, 4.69) is 36.6 Å². The summed E-state index contributed by atoms with van der Waals surface area (Å²) < 4.78 is 4.93. The molecule has 0 heterocycles. The molecular formula is C19H31N3O3. The summed E-state index contributed by atoms with van der Waals surface area (Å²) in [5, 5.41) is 5.79. The molecule has 1 atom stereocenters. The number of amides is 2. The molecule has 0 aliphatic heterocycles. The van der Waals surface area contributed by atoms with Crippen LogP contribution in [0.2, 0.25) is 0 Å². The van der Waals surface area contributed by atoms with E-state index in [1.165, 1.54) is 11.1 Å². The molecule has 6 nitrogen and oxygen atoms in total. The van der Waals surface area contributed by atoms with E-state index in [1.54, 1.807) is 19.1 Å². The van der Waals surface area contributed by atoms with Gasteiger partial charge in [0.2, 0.25) is 11.8 Å². The maximum Gasteiger partial charge on any atom is 0.234 e. The number of likely N-dealkylation sites (N-methyl/N-ethyl adjacent to an activating group) is 1. The van der Waals surface area contributed by atoms with Crippen LogP contribution in [0.5, 0.6) is 0 Å². The Hall–Kier alpha value is -1.92. The lowest BCUT2D eigenvalue weighted by Gasteiger charge is -2.19. The summed E-state index contributed by atoms with van der Waals surface area (Å²) >= 11 is 0. The third kappa shape index (κ3) is 8.14. The number of aryl methyl sites for hydroxylation is 2. The molecule has 1 aromatic rings. The van der Waals surface area contributed by atoms with Crippen LogP contribution < -0.4 is 10.6 Å². The third-order valence-electron chi connectivity index (χ3n) is 4.08. The van der Waals surface area contributed by atoms with Crippen LogP contribution in [0.15, 0.2) is 18.2 Å². The first-order valence-electron chi connectivity index (χ1n) is 8.64. The van der Waals surface area contributed by atoms with Crippen molar-refractivity contribution in [3.8, 4) is 0 Å². The summed E-state index contributed by atoms with van der Waals surface area (Å²) in [5.74, 6) is -0.186. The van der Waals surface area contributed by atoms with Crippen molar-refractivity contribution in [2.45, 2.75) is 33.2 Å². The second kappa shape index (κ2) is 10.8. The van der Waals surface area contributed by atoms with Crippen molar-refractivity contribution in [1.29, 1.82) is 0 Å². The summed E-state index contributed by atoms with van der Waals surface area (Å²) in [6.07, 6.45) is 0.778. The van der Waals surface area contributed by atoms with Crippen LogP contribution in [-0.2, 0) is 14.3 Å². The number of methoxy groups -OCH3 is 1. The number of carbonyl (C=O) groups is 2. The number of benzene rings is 1. The highest BCUT2D eigenvalue weighted by molar-refractivity contribution is 5.81. The van der Waals surface area contributed by atoms with Gasteiger partial charge in [-0.15, -0.1) is 0 Å². The van der Waals surface area contributed by atoms with Crippen LogP contribution in [-0.4, -0.2) is 57.1 Å². The zero-order valence-electron chi connectivity index (χ0n) is 16.0. The smallest absolute Gasteiger partial charge is 0.234 e. The van der Waals surface area contributed by atoms with Gasteiger partial charge in [-0.2, -0.15) is 0 Å². The van der Waals surface area contributed by atoms with Crippen LogP contribution in [0, 0.1) is 13.8 Å². The van der Waals surface area contributed by atoms with Crippen molar-refractivity contribution < 1.29 is 14.3 Å². The summed E-state index contributed by atoms with van der Waals surface area (Å²) in [6.45, 7) is 7.67. The molecular weight excluding hydrogens is 318 g/mol. The minimum absolute atomic E-state index is 0.0666. The molecule has 1 aromatic carbocycles. The zero-order valence-corrected chi connectivity index (χ0v) is 16.0. The molecule has 0 fully saturated rings. The van der Waals surface area contributed by atoms with E-state index >= 15 is 0 Å². The zero-order chi connectivity index (χ0) is 18.8. The van der Waals surface area contributed by atoms with Gasteiger partial charge in [-0.3, -0.25) is 14.5 Å². The van der Waals surface area contributed by atoms with Crippen molar-refractivity contribution in [1.82, 2.24) is 15.5 Å². The maximum atomic E-state index is 12.2. The Bertz CT molecular complexity index is 575. The summed E-state index contributed by atoms with van der Waals surface area (Å²) in [7, 11) is 3.39. The highest BCUT2D eigenvalue weighted by Crippen LogP contribution is 2.16. The Kier molecular flexibility index (Phi) is 9.16. The standard InChI is InChI=1S/C19H31N3O3/c1-14-7-8-17(11-15(14)2)16(3)21-19(24)13-22(4)12-18(23)20-9-6-10-25-5/h7-8,11,16H,6,9-10,12-13H2,1-5H3,(H,20,23)(H,21,24)/t16-/m0/s1. The van der Waals surface area contributed by atoms with E-state index in [4.69, 9.17) is 4.74 Å². The Morgan fingerprint density at radius 3 is 2.48 bits per heavy atom. The average Bonchev–Trinajstić information content (AvgIpc) is 2.53. The second-order valence-corrected chi connectivity index (χ2v) is 6.50. The van der Waals surface area contributed by atoms with Crippen molar-refractivity contribution in [2.24, 2.45) is 0 Å². The fourth-order valence-electron chi connectivity index (χ4n) is 2.45. The number of nitrogens with one attached hydrogen (secondary N) is 2. The topological polar surface area (TPSA) is 70.7 Å². The van der Waals surface area contributed by atoms with Crippen molar-refractivity contribution >= 4 is 11.8 Å². The molecule has 1 rings (SSSR count). The van der Waals surface area contributed by atoms with Gasteiger partial charge in [0.25, 0.3) is 0 Å². The molecule has 140 valence electrons. The third-order valence-corrected chi connectivity index (χ3v) is 4.08. The van der Waals surface area contributed by atoms with Gasteiger partial charge in [-0.05, 0) is 50.9 Å². The Labute approximate surface area is 150 Å². The Morgan fingerprint density at radius 2 is 1.84 bits per heavy atom. The highest BCUT2D eigenvalue weighted by atomic mass is 16.5. The molecule has 0 unspecified atom stereocenters. The molecule has 6 heteroatoms. The molecule has 0 radical (unpaired) electrons. The Balaban J connectivity index is 2.37. The molecule has 0 saturated heterocycles. The molecule has 25 heavy (non-hydrogen) atoms. The fraction of sp³-hybridized carbons (Fsp3) is 0.579. The Morgan fingerprint density at radius 1 is 1.16 bits per heavy atom. The van der Waals surface area contributed by atoms with E-state index < -0.39 is 0 Å². The van der Waals surface area contributed by atoms with E-state index in [0.29, 0.717) is 13.2 Å². The maximum absolute atomic E-state index is 12.2. The van der Waals surface area contributed by atoms with E-state index in [1.807, 2.05) is 13.0 Å². The minimum Gasteiger partial charge on any atom is -0.385 e. The summed E-state index contributed by atoms with van der Waals surface area (Å²) in [6, 6.07) is 6.12. The number of hydrogen-bond donors (Lipinski definition) is 2. The molecule has 0 spiro atoms. The second-order valence-electron chi connectivity index (χ2n) is 6.50. The quantitative estimate of drug-likeness (QED) is 0.629. The van der Waals surface area contributed by atoms with Crippen LogP contribution in [0.4, 0.5) is 0 Å². The molecule has 0 aliphatic carbocycles. The van der Waals surface area contributed by atoms with Crippen molar-refractivity contribution in [3.05, 3.63) is 34.9 Å². The first kappa shape index (κ1) is 21.1. The molecule has 2 N–H and O–H groups in total. The monoisotopic (exact) mass is 349 g/mol. The van der Waals surface area contributed by atoms with Crippen LogP contribution in [0.1, 0.15) is 36.1 Å². The van der Waals surface area contributed by atoms with E-state index in [-0.39, 0.29) is 30.9 Å². The van der Waals surface area contributed by atoms with Gasteiger partial charge in [0.15, 0.2) is 0 Å². The van der Waals surface area contributed by atoms with Gasteiger partial charge in [0, 0.05) is 20.3 Å². The number of carbonyl (C=O) groups excluding carboxylic acids is 2. The molecule has 0 bridgehead atoms. The lowest BCUT2D eigenvalue weighted by Crippen LogP contribution is -2.41. The minimum atomic E-state index is -0.0968. The van der Waals surface area contributed by atoms with Crippen molar-refractivity contribution in [2.75, 3.05) is 40.4 Å². The molecule has 0 aliphatic rings. The van der Waals surface area contributed by atoms with Crippen LogP contribution in [0.3, 0.4) is 0 Å². The van der Waals surface area contributed by atoms with Gasteiger partial charge < -0.3 is 15.4 Å². The lowest BCUT2D eigenvalue weighted by molar-refractivity contribution is -0.124. The van der Waals surface area contributed by atoms with Gasteiger partial charge >= 0.3 is 0 Å². The highest BCUT2D eigenvalue weighted by Gasteiger charge is 2.14. The predicted molar refractivity (Wildman–Crippen MR) is 99.5 cm³/mol. The van der Waals surface area contributed by atoms with Crippen LogP contribution in [0.25, 0.3) is 0 Å². The van der Waals surface area contributed by atoms with E-state index in [9.17, 15) is 9.59 Å².